The van der Waals surface area contributed by atoms with Crippen molar-refractivity contribution in [1.29, 1.82) is 0 Å². The lowest BCUT2D eigenvalue weighted by Gasteiger charge is -2.34. The Labute approximate surface area is 133 Å². The quantitative estimate of drug-likeness (QED) is 0.818. The Balaban J connectivity index is 1.98. The molecule has 1 fully saturated rings. The first-order valence-corrected chi connectivity index (χ1v) is 7.75. The molecule has 1 heterocycles. The number of ether oxygens (including phenoxy) is 1. The number of morpholine rings is 1. The van der Waals surface area contributed by atoms with Gasteiger partial charge in [-0.2, -0.15) is 0 Å². The Hall–Kier alpha value is -1.43. The van der Waals surface area contributed by atoms with Crippen molar-refractivity contribution in [2.75, 3.05) is 54.4 Å². The summed E-state index contributed by atoms with van der Waals surface area (Å²) in [6.07, 6.45) is 0.260. The van der Waals surface area contributed by atoms with Crippen molar-refractivity contribution in [3.8, 4) is 0 Å². The van der Waals surface area contributed by atoms with Gasteiger partial charge in [-0.25, -0.2) is 0 Å². The number of benzene rings is 1. The van der Waals surface area contributed by atoms with Gasteiger partial charge in [0.15, 0.2) is 0 Å². The van der Waals surface area contributed by atoms with Gasteiger partial charge in [0.2, 0.25) is 0 Å². The van der Waals surface area contributed by atoms with Crippen LogP contribution in [0.3, 0.4) is 0 Å². The molecule has 2 rings (SSSR count). The summed E-state index contributed by atoms with van der Waals surface area (Å²) in [5, 5.41) is 0. The molecule has 1 aromatic rings. The monoisotopic (exact) mass is 305 g/mol. The third-order valence-electron chi connectivity index (χ3n) is 3.78. The van der Waals surface area contributed by atoms with Crippen LogP contribution in [0, 0.1) is 0 Å². The maximum Gasteiger partial charge on any atom is 0.253 e. The minimum Gasteiger partial charge on any atom is -0.374 e. The lowest BCUT2D eigenvalue weighted by Crippen LogP contribution is -2.45. The molecule has 0 saturated carbocycles. The first-order valence-electron chi connectivity index (χ1n) is 7.75. The highest BCUT2D eigenvalue weighted by atomic mass is 16.5. The Morgan fingerprint density at radius 2 is 2.09 bits per heavy atom. The maximum absolute atomic E-state index is 12.0. The Morgan fingerprint density at radius 1 is 1.32 bits per heavy atom. The second-order valence-electron chi connectivity index (χ2n) is 6.39. The van der Waals surface area contributed by atoms with Crippen molar-refractivity contribution in [1.82, 2.24) is 14.7 Å². The molecule has 122 valence electrons. The fourth-order valence-electron chi connectivity index (χ4n) is 2.76. The van der Waals surface area contributed by atoms with E-state index in [2.05, 4.69) is 30.0 Å². The lowest BCUT2D eigenvalue weighted by molar-refractivity contribution is -0.0406. The van der Waals surface area contributed by atoms with Crippen LogP contribution in [-0.4, -0.2) is 81.1 Å². The molecule has 1 amide bonds. The number of hydrogen-bond donors (Lipinski definition) is 0. The van der Waals surface area contributed by atoms with E-state index in [9.17, 15) is 4.79 Å². The highest BCUT2D eigenvalue weighted by Crippen LogP contribution is 2.13. The summed E-state index contributed by atoms with van der Waals surface area (Å²) in [6, 6.07) is 7.92. The average molecular weight is 305 g/mol. The minimum atomic E-state index is 0.0503. The molecule has 5 nitrogen and oxygen atoms in total. The van der Waals surface area contributed by atoms with E-state index in [0.717, 1.165) is 38.3 Å². The summed E-state index contributed by atoms with van der Waals surface area (Å²) in [7, 11) is 7.70. The van der Waals surface area contributed by atoms with Gasteiger partial charge >= 0.3 is 0 Å². The number of rotatable bonds is 5. The summed E-state index contributed by atoms with van der Waals surface area (Å²) < 4.78 is 5.81. The van der Waals surface area contributed by atoms with Gasteiger partial charge in [0.1, 0.15) is 0 Å². The van der Waals surface area contributed by atoms with Crippen molar-refractivity contribution in [3.63, 3.8) is 0 Å². The Bertz CT molecular complexity index is 502. The van der Waals surface area contributed by atoms with Gasteiger partial charge in [0, 0.05) is 45.8 Å². The van der Waals surface area contributed by atoms with Crippen LogP contribution >= 0.6 is 0 Å². The van der Waals surface area contributed by atoms with Gasteiger partial charge in [-0.05, 0) is 31.8 Å². The molecule has 0 N–H and O–H groups in total. The first kappa shape index (κ1) is 16.9. The second kappa shape index (κ2) is 7.72. The van der Waals surface area contributed by atoms with Crippen LogP contribution in [0.5, 0.6) is 0 Å². The smallest absolute Gasteiger partial charge is 0.253 e. The van der Waals surface area contributed by atoms with Crippen molar-refractivity contribution in [2.45, 2.75) is 12.6 Å². The molecule has 0 aliphatic carbocycles. The van der Waals surface area contributed by atoms with Crippen LogP contribution < -0.4 is 0 Å². The predicted octanol–water partition coefficient (Wildman–Crippen LogP) is 1.15. The maximum atomic E-state index is 12.0. The summed E-state index contributed by atoms with van der Waals surface area (Å²) in [6.45, 7) is 4.45. The van der Waals surface area contributed by atoms with Gasteiger partial charge in [-0.15, -0.1) is 0 Å². The molecular weight excluding hydrogens is 278 g/mol. The topological polar surface area (TPSA) is 36.0 Å². The molecule has 1 aliphatic heterocycles. The molecule has 5 heteroatoms. The average Bonchev–Trinajstić information content (AvgIpc) is 2.46. The molecule has 1 aliphatic rings. The summed E-state index contributed by atoms with van der Waals surface area (Å²) in [4.78, 5) is 18.2. The van der Waals surface area contributed by atoms with Crippen LogP contribution in [0.1, 0.15) is 15.9 Å². The number of carbonyl (C=O) groups excluding carboxylic acids is 1. The van der Waals surface area contributed by atoms with E-state index in [4.69, 9.17) is 4.74 Å². The van der Waals surface area contributed by atoms with Crippen LogP contribution in [0.15, 0.2) is 24.3 Å². The summed E-state index contributed by atoms with van der Waals surface area (Å²) in [5.74, 6) is 0.0503. The fourth-order valence-corrected chi connectivity index (χ4v) is 2.76. The minimum absolute atomic E-state index is 0.0503. The molecule has 1 atom stereocenters. The zero-order valence-electron chi connectivity index (χ0n) is 14.1. The van der Waals surface area contributed by atoms with E-state index in [1.54, 1.807) is 19.0 Å². The molecule has 0 bridgehead atoms. The van der Waals surface area contributed by atoms with E-state index in [1.807, 2.05) is 18.2 Å². The SMILES string of the molecule is CN(C)CC1CN(Cc2cccc(C(=O)N(C)C)c2)CCO1. The number of hydrogen-bond acceptors (Lipinski definition) is 4. The molecule has 1 saturated heterocycles. The van der Waals surface area contributed by atoms with Gasteiger partial charge in [0.05, 0.1) is 12.7 Å². The zero-order chi connectivity index (χ0) is 16.1. The van der Waals surface area contributed by atoms with Gasteiger partial charge < -0.3 is 14.5 Å². The number of likely N-dealkylation sites (N-methyl/N-ethyl adjacent to an activating group) is 1. The van der Waals surface area contributed by atoms with E-state index in [-0.39, 0.29) is 12.0 Å². The number of nitrogens with zero attached hydrogens (tertiary/aromatic N) is 3. The van der Waals surface area contributed by atoms with Crippen molar-refractivity contribution >= 4 is 5.91 Å². The van der Waals surface area contributed by atoms with E-state index >= 15 is 0 Å². The largest absolute Gasteiger partial charge is 0.374 e. The van der Waals surface area contributed by atoms with Gasteiger partial charge in [-0.3, -0.25) is 9.69 Å². The van der Waals surface area contributed by atoms with E-state index in [0.29, 0.717) is 0 Å². The van der Waals surface area contributed by atoms with Gasteiger partial charge in [0.25, 0.3) is 5.91 Å². The molecule has 1 unspecified atom stereocenters. The molecule has 0 aromatic heterocycles. The number of carbonyl (C=O) groups is 1. The van der Waals surface area contributed by atoms with Crippen molar-refractivity contribution < 1.29 is 9.53 Å². The van der Waals surface area contributed by atoms with E-state index < -0.39 is 0 Å². The summed E-state index contributed by atoms with van der Waals surface area (Å²) >= 11 is 0. The van der Waals surface area contributed by atoms with Crippen molar-refractivity contribution in [3.05, 3.63) is 35.4 Å². The molecule has 22 heavy (non-hydrogen) atoms. The van der Waals surface area contributed by atoms with Crippen LogP contribution in [0.25, 0.3) is 0 Å². The molecular formula is C17H27N3O2. The zero-order valence-corrected chi connectivity index (χ0v) is 14.1. The lowest BCUT2D eigenvalue weighted by atomic mass is 10.1. The van der Waals surface area contributed by atoms with E-state index in [1.165, 1.54) is 5.56 Å². The molecule has 0 spiro atoms. The van der Waals surface area contributed by atoms with Crippen LogP contribution in [-0.2, 0) is 11.3 Å². The third kappa shape index (κ3) is 4.80. The standard InChI is InChI=1S/C17H27N3O2/c1-18(2)12-16-13-20(8-9-22-16)11-14-6-5-7-15(10-14)17(21)19(3)4/h5-7,10,16H,8-9,11-13H2,1-4H3. The van der Waals surface area contributed by atoms with Crippen LogP contribution in [0.4, 0.5) is 0 Å². The predicted molar refractivity (Wildman–Crippen MR) is 88.0 cm³/mol. The Morgan fingerprint density at radius 3 is 2.77 bits per heavy atom. The van der Waals surface area contributed by atoms with Crippen LogP contribution in [0.2, 0.25) is 0 Å². The normalized spacial score (nSPS) is 19.4. The molecule has 1 aromatic carbocycles. The van der Waals surface area contributed by atoms with Gasteiger partial charge in [-0.1, -0.05) is 12.1 Å². The second-order valence-corrected chi connectivity index (χ2v) is 6.39. The third-order valence-corrected chi connectivity index (χ3v) is 3.78. The number of amides is 1. The Kier molecular flexibility index (Phi) is 5.94. The summed E-state index contributed by atoms with van der Waals surface area (Å²) in [5.41, 5.74) is 1.93. The first-order chi connectivity index (χ1) is 10.5. The highest BCUT2D eigenvalue weighted by molar-refractivity contribution is 5.94. The van der Waals surface area contributed by atoms with Crippen molar-refractivity contribution in [2.24, 2.45) is 0 Å². The fraction of sp³-hybridized carbons (Fsp3) is 0.588. The highest BCUT2D eigenvalue weighted by Gasteiger charge is 2.21. The molecule has 0 radical (unpaired) electrons.